The molecule has 2 aromatic carbocycles. The Morgan fingerprint density at radius 2 is 1.92 bits per heavy atom. The highest BCUT2D eigenvalue weighted by Gasteiger charge is 2.26. The number of fused-ring (bicyclic) bond motifs is 1. The average Bonchev–Trinajstić information content (AvgIpc) is 3.03. The average molecular weight is 412 g/mol. The molecule has 26 heavy (non-hydrogen) atoms. The van der Waals surface area contributed by atoms with Gasteiger partial charge in [0.15, 0.2) is 5.69 Å². The third-order valence-electron chi connectivity index (χ3n) is 4.60. The monoisotopic (exact) mass is 411 g/mol. The molecule has 0 aliphatic heterocycles. The summed E-state index contributed by atoms with van der Waals surface area (Å²) in [6.07, 6.45) is 3.88. The lowest BCUT2D eigenvalue weighted by molar-refractivity contribution is 0.102. The van der Waals surface area contributed by atoms with Gasteiger partial charge in [-0.15, -0.1) is 0 Å². The zero-order valence-corrected chi connectivity index (χ0v) is 15.7. The highest BCUT2D eigenvalue weighted by molar-refractivity contribution is 9.10. The summed E-state index contributed by atoms with van der Waals surface area (Å²) in [7, 11) is 0. The van der Waals surface area contributed by atoms with Crippen LogP contribution < -0.4 is 5.32 Å². The van der Waals surface area contributed by atoms with Crippen LogP contribution in [0.1, 0.15) is 34.6 Å². The topological polar surface area (TPSA) is 67.2 Å². The first-order valence-electron chi connectivity index (χ1n) is 8.59. The number of benzene rings is 2. The molecular weight excluding hydrogens is 394 g/mol. The van der Waals surface area contributed by atoms with Crippen LogP contribution in [0.4, 0.5) is 5.69 Å². The van der Waals surface area contributed by atoms with E-state index >= 15 is 0 Å². The van der Waals surface area contributed by atoms with E-state index in [2.05, 4.69) is 26.3 Å². The Morgan fingerprint density at radius 1 is 1.12 bits per heavy atom. The molecule has 5 nitrogen and oxygen atoms in total. The highest BCUT2D eigenvalue weighted by atomic mass is 79.9. The van der Waals surface area contributed by atoms with E-state index in [0.29, 0.717) is 11.4 Å². The minimum atomic E-state index is -0.293. The summed E-state index contributed by atoms with van der Waals surface area (Å²) in [5, 5.41) is 17.3. The molecule has 1 amide bonds. The smallest absolute Gasteiger partial charge is 0.276 e. The summed E-state index contributed by atoms with van der Waals surface area (Å²) in [6, 6.07) is 14.6. The van der Waals surface area contributed by atoms with Crippen molar-refractivity contribution >= 4 is 27.5 Å². The second-order valence-electron chi connectivity index (χ2n) is 6.34. The number of aromatic nitrogens is 2. The van der Waals surface area contributed by atoms with Crippen LogP contribution in [-0.2, 0) is 12.8 Å². The second kappa shape index (κ2) is 6.96. The maximum atomic E-state index is 12.8. The van der Waals surface area contributed by atoms with Gasteiger partial charge in [-0.2, -0.15) is 5.10 Å². The van der Waals surface area contributed by atoms with Crippen molar-refractivity contribution in [2.45, 2.75) is 25.7 Å². The molecule has 1 aromatic heterocycles. The van der Waals surface area contributed by atoms with Crippen molar-refractivity contribution in [2.24, 2.45) is 0 Å². The number of carbonyl (C=O) groups is 1. The number of carbonyl (C=O) groups excluding carboxylic acids is 1. The van der Waals surface area contributed by atoms with E-state index in [1.165, 1.54) is 0 Å². The molecule has 1 aliphatic carbocycles. The van der Waals surface area contributed by atoms with Crippen molar-refractivity contribution in [3.63, 3.8) is 0 Å². The Kier molecular flexibility index (Phi) is 4.51. The fourth-order valence-corrected chi connectivity index (χ4v) is 3.75. The van der Waals surface area contributed by atoms with Gasteiger partial charge in [-0.1, -0.05) is 34.1 Å². The lowest BCUT2D eigenvalue weighted by Crippen LogP contribution is -2.15. The summed E-state index contributed by atoms with van der Waals surface area (Å²) in [5.74, 6) is -0.250. The molecule has 0 saturated carbocycles. The number of nitrogens with one attached hydrogen (secondary N) is 1. The number of rotatable bonds is 3. The van der Waals surface area contributed by atoms with Crippen molar-refractivity contribution in [3.8, 4) is 11.4 Å². The SMILES string of the molecule is O=C(Nc1ccccc1O)c1nn(-c2cccc(Br)c2)c2c1CCCC2. The van der Waals surface area contributed by atoms with Crippen LogP contribution in [-0.4, -0.2) is 20.8 Å². The summed E-state index contributed by atoms with van der Waals surface area (Å²) in [5.41, 5.74) is 3.85. The third kappa shape index (κ3) is 3.12. The number of anilines is 1. The number of amides is 1. The Bertz CT molecular complexity index is 981. The van der Waals surface area contributed by atoms with E-state index < -0.39 is 0 Å². The summed E-state index contributed by atoms with van der Waals surface area (Å²) in [4.78, 5) is 12.8. The molecular formula is C20H18BrN3O2. The molecule has 0 radical (unpaired) electrons. The van der Waals surface area contributed by atoms with Crippen LogP contribution in [0.25, 0.3) is 5.69 Å². The van der Waals surface area contributed by atoms with Crippen molar-refractivity contribution in [3.05, 3.63) is 70.0 Å². The lowest BCUT2D eigenvalue weighted by atomic mass is 9.95. The molecule has 3 aromatic rings. The third-order valence-corrected chi connectivity index (χ3v) is 5.09. The Hall–Kier alpha value is -2.60. The molecule has 1 heterocycles. The molecule has 0 saturated heterocycles. The van der Waals surface area contributed by atoms with E-state index in [1.807, 2.05) is 28.9 Å². The number of halogens is 1. The van der Waals surface area contributed by atoms with E-state index in [9.17, 15) is 9.90 Å². The zero-order valence-electron chi connectivity index (χ0n) is 14.1. The fourth-order valence-electron chi connectivity index (χ4n) is 3.36. The van der Waals surface area contributed by atoms with Gasteiger partial charge in [0.2, 0.25) is 0 Å². The standard InChI is InChI=1S/C20H18BrN3O2/c21-13-6-5-7-14(12-13)24-17-10-3-1-8-15(17)19(23-24)20(26)22-16-9-2-4-11-18(16)25/h2,4-7,9,11-12,25H,1,3,8,10H2,(H,22,26). The number of nitrogens with zero attached hydrogens (tertiary/aromatic N) is 2. The Balaban J connectivity index is 1.75. The van der Waals surface area contributed by atoms with Crippen molar-refractivity contribution in [1.82, 2.24) is 9.78 Å². The van der Waals surface area contributed by atoms with Crippen LogP contribution in [0.2, 0.25) is 0 Å². The largest absolute Gasteiger partial charge is 0.506 e. The van der Waals surface area contributed by atoms with Crippen molar-refractivity contribution in [1.29, 1.82) is 0 Å². The molecule has 0 fully saturated rings. The van der Waals surface area contributed by atoms with Crippen molar-refractivity contribution < 1.29 is 9.90 Å². The van der Waals surface area contributed by atoms with Gasteiger partial charge in [0, 0.05) is 15.7 Å². The highest BCUT2D eigenvalue weighted by Crippen LogP contribution is 2.29. The van der Waals surface area contributed by atoms with Crippen molar-refractivity contribution in [2.75, 3.05) is 5.32 Å². The first-order valence-corrected chi connectivity index (χ1v) is 9.39. The molecule has 6 heteroatoms. The summed E-state index contributed by atoms with van der Waals surface area (Å²) < 4.78 is 2.84. The minimum Gasteiger partial charge on any atom is -0.506 e. The van der Waals surface area contributed by atoms with Crippen LogP contribution >= 0.6 is 15.9 Å². The van der Waals surface area contributed by atoms with Gasteiger partial charge in [-0.05, 0) is 56.0 Å². The molecule has 0 bridgehead atoms. The van der Waals surface area contributed by atoms with Gasteiger partial charge >= 0.3 is 0 Å². The fraction of sp³-hybridized carbons (Fsp3) is 0.200. The van der Waals surface area contributed by atoms with Gasteiger partial charge in [0.25, 0.3) is 5.91 Å². The molecule has 1 aliphatic rings. The van der Waals surface area contributed by atoms with E-state index in [-0.39, 0.29) is 11.7 Å². The predicted molar refractivity (Wildman–Crippen MR) is 104 cm³/mol. The Morgan fingerprint density at radius 3 is 2.73 bits per heavy atom. The van der Waals surface area contributed by atoms with Crippen LogP contribution in [0.3, 0.4) is 0 Å². The Labute approximate surface area is 159 Å². The first-order chi connectivity index (χ1) is 12.6. The quantitative estimate of drug-likeness (QED) is 0.624. The van der Waals surface area contributed by atoms with Gasteiger partial charge in [-0.25, -0.2) is 4.68 Å². The van der Waals surface area contributed by atoms with E-state index in [4.69, 9.17) is 0 Å². The zero-order chi connectivity index (χ0) is 18.1. The second-order valence-corrected chi connectivity index (χ2v) is 7.26. The number of para-hydroxylation sites is 2. The number of hydrogen-bond donors (Lipinski definition) is 2. The van der Waals surface area contributed by atoms with Crippen LogP contribution in [0, 0.1) is 0 Å². The van der Waals surface area contributed by atoms with Crippen LogP contribution in [0.15, 0.2) is 53.0 Å². The lowest BCUT2D eigenvalue weighted by Gasteiger charge is -2.14. The van der Waals surface area contributed by atoms with Crippen LogP contribution in [0.5, 0.6) is 5.75 Å². The molecule has 0 spiro atoms. The van der Waals surface area contributed by atoms with Gasteiger partial charge in [0.1, 0.15) is 5.75 Å². The van der Waals surface area contributed by atoms with E-state index in [1.54, 1.807) is 24.3 Å². The number of hydrogen-bond acceptors (Lipinski definition) is 3. The van der Waals surface area contributed by atoms with E-state index in [0.717, 1.165) is 47.1 Å². The van der Waals surface area contributed by atoms with Gasteiger partial charge in [0.05, 0.1) is 11.4 Å². The normalized spacial score (nSPS) is 13.3. The minimum absolute atomic E-state index is 0.0427. The van der Waals surface area contributed by atoms with Gasteiger partial charge < -0.3 is 10.4 Å². The number of aromatic hydroxyl groups is 1. The summed E-state index contributed by atoms with van der Waals surface area (Å²) >= 11 is 3.50. The maximum absolute atomic E-state index is 12.8. The predicted octanol–water partition coefficient (Wildman–Crippen LogP) is 4.47. The number of phenolic OH excluding ortho intramolecular Hbond substituents is 1. The first kappa shape index (κ1) is 16.8. The maximum Gasteiger partial charge on any atom is 0.276 e. The molecule has 132 valence electrons. The molecule has 0 atom stereocenters. The molecule has 0 unspecified atom stereocenters. The summed E-state index contributed by atoms with van der Waals surface area (Å²) in [6.45, 7) is 0. The van der Waals surface area contributed by atoms with Gasteiger partial charge in [-0.3, -0.25) is 4.79 Å². The molecule has 2 N–H and O–H groups in total. The number of phenols is 1. The molecule has 4 rings (SSSR count).